The van der Waals surface area contributed by atoms with Gasteiger partial charge in [0.25, 0.3) is 0 Å². The third-order valence-corrected chi connectivity index (χ3v) is 3.16. The van der Waals surface area contributed by atoms with Crippen LogP contribution in [0.25, 0.3) is 0 Å². The van der Waals surface area contributed by atoms with Crippen molar-refractivity contribution in [3.05, 3.63) is 34.3 Å². The van der Waals surface area contributed by atoms with Gasteiger partial charge in [-0.15, -0.1) is 0 Å². The lowest BCUT2D eigenvalue weighted by Crippen LogP contribution is -2.35. The maximum Gasteiger partial charge on any atom is 0.0681 e. The Morgan fingerprint density at radius 1 is 1.31 bits per heavy atom. The van der Waals surface area contributed by atoms with Gasteiger partial charge >= 0.3 is 0 Å². The van der Waals surface area contributed by atoms with E-state index in [1.54, 1.807) is 0 Å². The van der Waals surface area contributed by atoms with Crippen LogP contribution in [0.5, 0.6) is 0 Å². The van der Waals surface area contributed by atoms with E-state index in [1.807, 2.05) is 18.2 Å². The van der Waals surface area contributed by atoms with Gasteiger partial charge in [0, 0.05) is 24.7 Å². The Morgan fingerprint density at radius 2 is 2.06 bits per heavy atom. The molecule has 3 nitrogen and oxygen atoms in total. The first kappa shape index (κ1) is 11.9. The van der Waals surface area contributed by atoms with Crippen LogP contribution in [-0.2, 0) is 17.9 Å². The molecule has 0 aromatic heterocycles. The lowest BCUT2D eigenvalue weighted by molar-refractivity contribution is 0.0342. The molecule has 0 bridgehead atoms. The summed E-state index contributed by atoms with van der Waals surface area (Å²) in [5.74, 6) is 0. The number of nitrogens with zero attached hydrogens (tertiary/aromatic N) is 1. The molecule has 1 aliphatic rings. The minimum atomic E-state index is 0.0628. The molecule has 88 valence electrons. The lowest BCUT2D eigenvalue weighted by atomic mass is 10.1. The molecule has 0 atom stereocenters. The molecule has 16 heavy (non-hydrogen) atoms. The molecule has 1 saturated heterocycles. The quantitative estimate of drug-likeness (QED) is 0.874. The minimum Gasteiger partial charge on any atom is -0.392 e. The molecule has 2 rings (SSSR count). The molecular weight excluding hydrogens is 226 g/mol. The summed E-state index contributed by atoms with van der Waals surface area (Å²) in [5.41, 5.74) is 1.99. The van der Waals surface area contributed by atoms with Gasteiger partial charge in [0.05, 0.1) is 19.8 Å². The molecular formula is C12H16ClNO2. The highest BCUT2D eigenvalue weighted by Crippen LogP contribution is 2.20. The van der Waals surface area contributed by atoms with Crippen molar-refractivity contribution in [3.63, 3.8) is 0 Å². The highest BCUT2D eigenvalue weighted by Gasteiger charge is 2.12. The normalized spacial score (nSPS) is 17.6. The fourth-order valence-electron chi connectivity index (χ4n) is 1.85. The van der Waals surface area contributed by atoms with Crippen molar-refractivity contribution in [2.24, 2.45) is 0 Å². The molecule has 0 spiro atoms. The summed E-state index contributed by atoms with van der Waals surface area (Å²) in [5, 5.41) is 9.85. The number of ether oxygens (including phenoxy) is 1. The molecule has 0 unspecified atom stereocenters. The summed E-state index contributed by atoms with van der Waals surface area (Å²) >= 11 is 6.13. The first-order valence-electron chi connectivity index (χ1n) is 5.48. The van der Waals surface area contributed by atoms with Crippen molar-refractivity contribution in [1.29, 1.82) is 0 Å². The average molecular weight is 242 g/mol. The molecule has 1 aliphatic heterocycles. The molecule has 0 saturated carbocycles. The summed E-state index contributed by atoms with van der Waals surface area (Å²) in [7, 11) is 0. The molecule has 1 aromatic carbocycles. The largest absolute Gasteiger partial charge is 0.392 e. The second-order valence-corrected chi connectivity index (χ2v) is 4.38. The molecule has 0 aliphatic carbocycles. The van der Waals surface area contributed by atoms with Crippen molar-refractivity contribution >= 4 is 11.6 Å². The Labute approximate surface area is 101 Å². The number of hydrogen-bond acceptors (Lipinski definition) is 3. The zero-order valence-corrected chi connectivity index (χ0v) is 9.91. The zero-order valence-electron chi connectivity index (χ0n) is 9.16. The maximum atomic E-state index is 9.08. The van der Waals surface area contributed by atoms with E-state index in [4.69, 9.17) is 21.4 Å². The van der Waals surface area contributed by atoms with Crippen LogP contribution in [0.15, 0.2) is 18.2 Å². The maximum absolute atomic E-state index is 9.08. The van der Waals surface area contributed by atoms with Crippen LogP contribution in [0.3, 0.4) is 0 Å². The molecule has 1 N–H and O–H groups in total. The minimum absolute atomic E-state index is 0.0628. The summed E-state index contributed by atoms with van der Waals surface area (Å²) in [6, 6.07) is 5.67. The number of halogens is 1. The molecule has 1 fully saturated rings. The van der Waals surface area contributed by atoms with E-state index in [9.17, 15) is 0 Å². The fourth-order valence-corrected chi connectivity index (χ4v) is 2.03. The van der Waals surface area contributed by atoms with Gasteiger partial charge < -0.3 is 9.84 Å². The second kappa shape index (κ2) is 5.64. The predicted octanol–water partition coefficient (Wildman–Crippen LogP) is 1.66. The Morgan fingerprint density at radius 3 is 2.75 bits per heavy atom. The van der Waals surface area contributed by atoms with Gasteiger partial charge in [0.2, 0.25) is 0 Å². The lowest BCUT2D eigenvalue weighted by Gasteiger charge is -2.27. The smallest absolute Gasteiger partial charge is 0.0681 e. The Bertz CT molecular complexity index is 351. The third kappa shape index (κ3) is 2.95. The highest BCUT2D eigenvalue weighted by molar-refractivity contribution is 6.31. The molecule has 4 heteroatoms. The highest BCUT2D eigenvalue weighted by atomic mass is 35.5. The number of rotatable bonds is 3. The van der Waals surface area contributed by atoms with Gasteiger partial charge in [-0.05, 0) is 17.2 Å². The van der Waals surface area contributed by atoms with Gasteiger partial charge in [-0.25, -0.2) is 0 Å². The number of benzene rings is 1. The van der Waals surface area contributed by atoms with Crippen molar-refractivity contribution in [2.45, 2.75) is 13.2 Å². The van der Waals surface area contributed by atoms with E-state index < -0.39 is 0 Å². The van der Waals surface area contributed by atoms with Crippen molar-refractivity contribution in [3.8, 4) is 0 Å². The molecule has 0 radical (unpaired) electrons. The van der Waals surface area contributed by atoms with Crippen LogP contribution in [0, 0.1) is 0 Å². The number of aliphatic hydroxyl groups is 1. The fraction of sp³-hybridized carbons (Fsp3) is 0.500. The van der Waals surface area contributed by atoms with Gasteiger partial charge in [0.15, 0.2) is 0 Å². The van der Waals surface area contributed by atoms with Crippen LogP contribution in [0.4, 0.5) is 0 Å². The zero-order chi connectivity index (χ0) is 11.4. The monoisotopic (exact) mass is 241 g/mol. The van der Waals surface area contributed by atoms with Crippen LogP contribution in [-0.4, -0.2) is 36.3 Å². The first-order chi connectivity index (χ1) is 7.79. The van der Waals surface area contributed by atoms with Crippen molar-refractivity contribution in [1.82, 2.24) is 4.90 Å². The van der Waals surface area contributed by atoms with E-state index >= 15 is 0 Å². The predicted molar refractivity (Wildman–Crippen MR) is 63.5 cm³/mol. The van der Waals surface area contributed by atoms with Crippen LogP contribution in [0.1, 0.15) is 11.1 Å². The summed E-state index contributed by atoms with van der Waals surface area (Å²) < 4.78 is 5.30. The van der Waals surface area contributed by atoms with Gasteiger partial charge in [0.1, 0.15) is 0 Å². The Hall–Kier alpha value is -0.610. The van der Waals surface area contributed by atoms with E-state index in [0.29, 0.717) is 0 Å². The van der Waals surface area contributed by atoms with E-state index in [2.05, 4.69) is 4.90 Å². The SMILES string of the molecule is OCc1ccc(Cl)c(CN2CCOCC2)c1. The van der Waals surface area contributed by atoms with Gasteiger partial charge in [-0.2, -0.15) is 0 Å². The van der Waals surface area contributed by atoms with E-state index in [1.165, 1.54) is 0 Å². The second-order valence-electron chi connectivity index (χ2n) is 3.97. The van der Waals surface area contributed by atoms with Gasteiger partial charge in [-0.3, -0.25) is 4.90 Å². The number of hydrogen-bond donors (Lipinski definition) is 1. The Kier molecular flexibility index (Phi) is 4.18. The Balaban J connectivity index is 2.06. The summed E-state index contributed by atoms with van der Waals surface area (Å²) in [6.45, 7) is 4.36. The van der Waals surface area contributed by atoms with Crippen molar-refractivity contribution in [2.75, 3.05) is 26.3 Å². The van der Waals surface area contributed by atoms with Crippen LogP contribution in [0.2, 0.25) is 5.02 Å². The summed E-state index contributed by atoms with van der Waals surface area (Å²) in [4.78, 5) is 2.31. The first-order valence-corrected chi connectivity index (χ1v) is 5.85. The third-order valence-electron chi connectivity index (χ3n) is 2.79. The van der Waals surface area contributed by atoms with Crippen LogP contribution < -0.4 is 0 Å². The van der Waals surface area contributed by atoms with E-state index in [0.717, 1.165) is 49.0 Å². The van der Waals surface area contributed by atoms with Gasteiger partial charge in [-0.1, -0.05) is 23.7 Å². The number of aliphatic hydroxyl groups excluding tert-OH is 1. The summed E-state index contributed by atoms with van der Waals surface area (Å²) in [6.07, 6.45) is 0. The van der Waals surface area contributed by atoms with Crippen molar-refractivity contribution < 1.29 is 9.84 Å². The van der Waals surface area contributed by atoms with E-state index in [-0.39, 0.29) is 6.61 Å². The topological polar surface area (TPSA) is 32.7 Å². The number of morpholine rings is 1. The molecule has 1 heterocycles. The standard InChI is InChI=1S/C12H16ClNO2/c13-12-2-1-10(9-15)7-11(12)8-14-3-5-16-6-4-14/h1-2,7,15H,3-6,8-9H2. The molecule has 1 aromatic rings. The van der Waals surface area contributed by atoms with Crippen LogP contribution >= 0.6 is 11.6 Å². The average Bonchev–Trinajstić information content (AvgIpc) is 2.33. The molecule has 0 amide bonds.